The molecule has 0 aliphatic carbocycles. The van der Waals surface area contributed by atoms with Crippen LogP contribution in [-0.2, 0) is 9.59 Å². The molecule has 0 saturated heterocycles. The molecule has 0 spiro atoms. The summed E-state index contributed by atoms with van der Waals surface area (Å²) in [5.41, 5.74) is 1.25. The fraction of sp³-hybridized carbons (Fsp3) is 0.654. The second kappa shape index (κ2) is 15.6. The van der Waals surface area contributed by atoms with Crippen LogP contribution in [0.15, 0.2) is 24.3 Å². The molecule has 0 aromatic heterocycles. The van der Waals surface area contributed by atoms with Gasteiger partial charge < -0.3 is 5.32 Å². The molecule has 0 aliphatic heterocycles. The van der Waals surface area contributed by atoms with Gasteiger partial charge in [0.2, 0.25) is 0 Å². The monoisotopic (exact) mass is 469 g/mol. The summed E-state index contributed by atoms with van der Waals surface area (Å²) in [7, 11) is 0. The first-order chi connectivity index (χ1) is 15.6. The zero-order valence-corrected chi connectivity index (χ0v) is 19.9. The van der Waals surface area contributed by atoms with Gasteiger partial charge in [-0.05, 0) is 51.0 Å². The first kappa shape index (κ1) is 28.9. The van der Waals surface area contributed by atoms with E-state index in [1.54, 1.807) is 24.3 Å². The number of unbranched alkanes of at least 4 members (excludes halogenated alkanes) is 10. The lowest BCUT2D eigenvalue weighted by molar-refractivity contribution is -0.135. The smallest absolute Gasteiger partial charge is 0.385 e. The van der Waals surface area contributed by atoms with E-state index in [0.717, 1.165) is 57.2 Å². The van der Waals surface area contributed by atoms with Crippen LogP contribution in [-0.4, -0.2) is 30.1 Å². The normalized spacial score (nSPS) is 11.6. The number of carbonyl (C=O) groups is 3. The minimum atomic E-state index is -4.02. The summed E-state index contributed by atoms with van der Waals surface area (Å²) in [6.07, 6.45) is 6.10. The van der Waals surface area contributed by atoms with E-state index in [2.05, 4.69) is 5.32 Å². The van der Waals surface area contributed by atoms with Crippen LogP contribution in [0.2, 0.25) is 0 Å². The van der Waals surface area contributed by atoms with Gasteiger partial charge in [0.25, 0.3) is 0 Å². The van der Waals surface area contributed by atoms with Crippen LogP contribution in [0.3, 0.4) is 0 Å². The van der Waals surface area contributed by atoms with Crippen molar-refractivity contribution in [2.24, 2.45) is 5.92 Å². The lowest BCUT2D eigenvalue weighted by Gasteiger charge is -2.10. The fourth-order valence-electron chi connectivity index (χ4n) is 3.85. The highest BCUT2D eigenvalue weighted by molar-refractivity contribution is 6.23. The van der Waals surface area contributed by atoms with E-state index in [1.165, 1.54) is 26.7 Å². The zero-order valence-electron chi connectivity index (χ0n) is 19.9. The van der Waals surface area contributed by atoms with E-state index in [9.17, 15) is 27.6 Å². The summed E-state index contributed by atoms with van der Waals surface area (Å²) in [5.74, 6) is -2.54. The molecule has 7 heteroatoms. The highest BCUT2D eigenvalue weighted by Gasteiger charge is 2.28. The van der Waals surface area contributed by atoms with Crippen molar-refractivity contribution in [2.45, 2.75) is 97.1 Å². The number of nitrogens with one attached hydrogen (secondary N) is 1. The minimum absolute atomic E-state index is 0.250. The van der Waals surface area contributed by atoms with Gasteiger partial charge in [-0.25, -0.2) is 0 Å². The van der Waals surface area contributed by atoms with Gasteiger partial charge in [-0.1, -0.05) is 57.8 Å². The Kier molecular flexibility index (Phi) is 13.7. The van der Waals surface area contributed by atoms with Crippen LogP contribution in [0, 0.1) is 5.92 Å². The van der Waals surface area contributed by atoms with Crippen LogP contribution in [0.25, 0.3) is 0 Å². The Bertz CT molecular complexity index is 715. The molecule has 1 aromatic carbocycles. The third-order valence-electron chi connectivity index (χ3n) is 5.71. The highest BCUT2D eigenvalue weighted by Crippen LogP contribution is 2.23. The van der Waals surface area contributed by atoms with E-state index >= 15 is 0 Å². The second-order valence-corrected chi connectivity index (χ2v) is 8.78. The van der Waals surface area contributed by atoms with E-state index in [0.29, 0.717) is 12.0 Å². The molecular formula is C26H38F3NO3. The molecule has 4 nitrogen and oxygen atoms in total. The largest absolute Gasteiger partial charge is 0.389 e. The molecule has 0 bridgehead atoms. The molecule has 1 aromatic rings. The van der Waals surface area contributed by atoms with Crippen molar-refractivity contribution < 1.29 is 27.6 Å². The van der Waals surface area contributed by atoms with E-state index < -0.39 is 35.9 Å². The van der Waals surface area contributed by atoms with Crippen molar-refractivity contribution in [3.05, 3.63) is 29.8 Å². The number of hydrogen-bond donors (Lipinski definition) is 1. The number of benzene rings is 1. The van der Waals surface area contributed by atoms with Gasteiger partial charge in [-0.3, -0.25) is 14.4 Å². The van der Waals surface area contributed by atoms with Gasteiger partial charge in [0, 0.05) is 24.2 Å². The molecule has 1 N–H and O–H groups in total. The lowest BCUT2D eigenvalue weighted by Crippen LogP contribution is -2.28. The summed E-state index contributed by atoms with van der Waals surface area (Å²) in [6.45, 7) is 3.34. The quantitative estimate of drug-likeness (QED) is 0.139. The second-order valence-electron chi connectivity index (χ2n) is 8.78. The Hall–Kier alpha value is -2.18. The number of anilines is 1. The average Bonchev–Trinajstić information content (AvgIpc) is 2.73. The van der Waals surface area contributed by atoms with Gasteiger partial charge in [-0.15, -0.1) is 0 Å². The first-order valence-electron chi connectivity index (χ1n) is 12.1. The number of halogens is 3. The van der Waals surface area contributed by atoms with Crippen LogP contribution < -0.4 is 5.32 Å². The van der Waals surface area contributed by atoms with Crippen molar-refractivity contribution in [3.8, 4) is 0 Å². The SMILES string of the molecule is CC(=O)C(C(C)=O)C(=O)c1ccc(NCCCCCCCCCCCCCC(F)(F)F)cc1. The molecule has 0 saturated carbocycles. The summed E-state index contributed by atoms with van der Waals surface area (Å²) in [5, 5.41) is 3.31. The Labute approximate surface area is 195 Å². The summed E-state index contributed by atoms with van der Waals surface area (Å²) >= 11 is 0. The molecule has 1 rings (SSSR count). The fourth-order valence-corrected chi connectivity index (χ4v) is 3.85. The molecule has 0 heterocycles. The number of carbonyl (C=O) groups excluding carboxylic acids is 3. The highest BCUT2D eigenvalue weighted by atomic mass is 19.4. The van der Waals surface area contributed by atoms with Crippen molar-refractivity contribution in [1.29, 1.82) is 0 Å². The Balaban J connectivity index is 2.06. The van der Waals surface area contributed by atoms with Crippen molar-refractivity contribution in [1.82, 2.24) is 0 Å². The molecule has 0 atom stereocenters. The number of alkyl halides is 3. The van der Waals surface area contributed by atoms with Gasteiger partial charge >= 0.3 is 6.18 Å². The van der Waals surface area contributed by atoms with Gasteiger partial charge in [0.15, 0.2) is 5.78 Å². The first-order valence-corrected chi connectivity index (χ1v) is 12.1. The van der Waals surface area contributed by atoms with E-state index in [1.807, 2.05) is 0 Å². The molecule has 0 amide bonds. The predicted octanol–water partition coefficient (Wildman–Crippen LogP) is 7.32. The molecule has 0 unspecified atom stereocenters. The standard InChI is InChI=1S/C26H38F3NO3/c1-20(31)24(21(2)32)25(33)22-14-16-23(17-15-22)30-19-13-11-9-7-5-3-4-6-8-10-12-18-26(27,28)29/h14-17,24,30H,3-13,18-19H2,1-2H3. The number of rotatable bonds is 18. The van der Waals surface area contributed by atoms with Crippen molar-refractivity contribution in [3.63, 3.8) is 0 Å². The Morgan fingerprint density at radius 1 is 0.727 bits per heavy atom. The minimum Gasteiger partial charge on any atom is -0.385 e. The van der Waals surface area contributed by atoms with Crippen molar-refractivity contribution in [2.75, 3.05) is 11.9 Å². The molecule has 0 radical (unpaired) electrons. The third kappa shape index (κ3) is 13.2. The van der Waals surface area contributed by atoms with E-state index in [4.69, 9.17) is 0 Å². The van der Waals surface area contributed by atoms with Gasteiger partial charge in [-0.2, -0.15) is 13.2 Å². The number of ketones is 3. The summed E-state index contributed by atoms with van der Waals surface area (Å²) in [6, 6.07) is 6.85. The van der Waals surface area contributed by atoms with Crippen LogP contribution in [0.5, 0.6) is 0 Å². The molecule has 0 fully saturated rings. The Morgan fingerprint density at radius 2 is 1.15 bits per heavy atom. The predicted molar refractivity (Wildman–Crippen MR) is 126 cm³/mol. The Morgan fingerprint density at radius 3 is 1.58 bits per heavy atom. The molecule has 33 heavy (non-hydrogen) atoms. The van der Waals surface area contributed by atoms with E-state index in [-0.39, 0.29) is 6.42 Å². The molecular weight excluding hydrogens is 431 g/mol. The maximum Gasteiger partial charge on any atom is 0.389 e. The van der Waals surface area contributed by atoms with Crippen LogP contribution in [0.4, 0.5) is 18.9 Å². The topological polar surface area (TPSA) is 63.2 Å². The van der Waals surface area contributed by atoms with Gasteiger partial charge in [0.1, 0.15) is 17.5 Å². The zero-order chi connectivity index (χ0) is 24.7. The summed E-state index contributed by atoms with van der Waals surface area (Å²) < 4.78 is 36.1. The van der Waals surface area contributed by atoms with Crippen molar-refractivity contribution >= 4 is 23.0 Å². The number of hydrogen-bond acceptors (Lipinski definition) is 4. The summed E-state index contributed by atoms with van der Waals surface area (Å²) in [4.78, 5) is 35.5. The number of Topliss-reactive ketones (excluding diaryl/α,β-unsaturated/α-hetero) is 3. The molecule has 0 aliphatic rings. The molecule has 186 valence electrons. The van der Waals surface area contributed by atoms with Crippen LogP contribution >= 0.6 is 0 Å². The van der Waals surface area contributed by atoms with Crippen LogP contribution in [0.1, 0.15) is 101 Å². The maximum absolute atomic E-state index is 12.4. The third-order valence-corrected chi connectivity index (χ3v) is 5.71. The maximum atomic E-state index is 12.4. The lowest BCUT2D eigenvalue weighted by atomic mass is 9.91. The average molecular weight is 470 g/mol. The van der Waals surface area contributed by atoms with Gasteiger partial charge in [0.05, 0.1) is 0 Å².